The van der Waals surface area contributed by atoms with Gasteiger partial charge in [-0.3, -0.25) is 0 Å². The Labute approximate surface area is 359 Å². The number of fused-ring (bicyclic) bond motifs is 12. The van der Waals surface area contributed by atoms with Gasteiger partial charge in [0.1, 0.15) is 11.7 Å². The molecule has 2 aliphatic heterocycles. The van der Waals surface area contributed by atoms with Crippen LogP contribution in [0, 0.1) is 0 Å². The molecule has 9 aromatic carbocycles. The van der Waals surface area contributed by atoms with Crippen LogP contribution in [-0.4, -0.2) is 16.2 Å². The van der Waals surface area contributed by atoms with Crippen molar-refractivity contribution >= 4 is 33.5 Å². The van der Waals surface area contributed by atoms with Gasteiger partial charge in [-0.05, 0) is 73.3 Å². The highest BCUT2D eigenvalue weighted by atomic mass is 15.2. The Morgan fingerprint density at radius 1 is 0.387 bits per heavy atom. The summed E-state index contributed by atoms with van der Waals surface area (Å²) in [6.07, 6.45) is -0.472. The van der Waals surface area contributed by atoms with Crippen molar-refractivity contribution in [3.63, 3.8) is 0 Å². The fourth-order valence-corrected chi connectivity index (χ4v) is 10.6. The van der Waals surface area contributed by atoms with E-state index in [-0.39, 0.29) is 0 Å². The van der Waals surface area contributed by atoms with E-state index in [1.54, 1.807) is 0 Å². The Morgan fingerprint density at radius 3 is 1.69 bits per heavy atom. The van der Waals surface area contributed by atoms with Crippen molar-refractivity contribution in [3.8, 4) is 39.1 Å². The van der Waals surface area contributed by atoms with Crippen molar-refractivity contribution in [3.05, 3.63) is 257 Å². The summed E-state index contributed by atoms with van der Waals surface area (Å²) in [4.78, 5) is 11.0. The lowest BCUT2D eigenvalue weighted by Crippen LogP contribution is -2.39. The van der Waals surface area contributed by atoms with Crippen LogP contribution >= 0.6 is 0 Å². The number of hydrogen-bond acceptors (Lipinski definition) is 3. The number of benzene rings is 9. The van der Waals surface area contributed by atoms with E-state index < -0.39 is 11.6 Å². The van der Waals surface area contributed by atoms with Gasteiger partial charge in [-0.1, -0.05) is 206 Å². The maximum Gasteiger partial charge on any atom is 0.169 e. The maximum absolute atomic E-state index is 5.58. The Bertz CT molecular complexity index is 3470. The van der Waals surface area contributed by atoms with E-state index in [9.17, 15) is 0 Å². The highest BCUT2D eigenvalue weighted by molar-refractivity contribution is 6.18. The third kappa shape index (κ3) is 4.95. The summed E-state index contributed by atoms with van der Waals surface area (Å²) in [5.74, 6) is 1.60. The minimum atomic E-state index is -0.633. The molecule has 290 valence electrons. The summed E-state index contributed by atoms with van der Waals surface area (Å²) in [6.45, 7) is 0. The number of nitrogens with zero attached hydrogens (tertiary/aromatic N) is 3. The quantitative estimate of drug-likeness (QED) is 0.185. The molecule has 3 aliphatic rings. The predicted octanol–water partition coefficient (Wildman–Crippen LogP) is 13.3. The minimum absolute atomic E-state index is 0.472. The van der Waals surface area contributed by atoms with Crippen LogP contribution in [0.2, 0.25) is 0 Å². The number of nitrogens with one attached hydrogen (secondary N) is 1. The molecule has 1 aromatic heterocycles. The topological polar surface area (TPSA) is 41.7 Å². The second kappa shape index (κ2) is 13.5. The van der Waals surface area contributed by atoms with Crippen molar-refractivity contribution < 1.29 is 0 Å². The number of aliphatic imine (C=N–C) groups is 2. The van der Waals surface area contributed by atoms with E-state index in [4.69, 9.17) is 9.98 Å². The molecule has 13 rings (SSSR count). The van der Waals surface area contributed by atoms with Gasteiger partial charge in [0.2, 0.25) is 0 Å². The number of hydrogen-bond donors (Lipinski definition) is 1. The third-order valence-electron chi connectivity index (χ3n) is 13.3. The summed E-state index contributed by atoms with van der Waals surface area (Å²) in [6, 6.07) is 79.1. The van der Waals surface area contributed by atoms with E-state index in [2.05, 4.69) is 228 Å². The number of para-hydroxylation sites is 3. The SMILES string of the molecule is c1ccc(-c2ccc(C3=NC(c4ccc(-c5ccccc5)cc4)N=C(c4cccc5c4C4(c6ccccc6-5)c5ccccc5-n5c6ccccc6c6cccc4c65)N3)cc2)cc1. The van der Waals surface area contributed by atoms with E-state index in [1.165, 1.54) is 72.0 Å². The summed E-state index contributed by atoms with van der Waals surface area (Å²) in [7, 11) is 0. The monoisotopic (exact) mass is 790 g/mol. The van der Waals surface area contributed by atoms with Crippen LogP contribution < -0.4 is 5.32 Å². The van der Waals surface area contributed by atoms with E-state index in [0.29, 0.717) is 0 Å². The molecule has 1 spiro atoms. The molecule has 0 radical (unpaired) electrons. The third-order valence-corrected chi connectivity index (χ3v) is 13.3. The van der Waals surface area contributed by atoms with Gasteiger partial charge < -0.3 is 9.88 Å². The molecule has 62 heavy (non-hydrogen) atoms. The van der Waals surface area contributed by atoms with E-state index in [1.807, 2.05) is 0 Å². The standard InChI is InChI=1S/C58H38N4/c1-3-15-37(16-4-1)39-29-33-41(34-30-39)55-59-56(42-35-31-40(32-36-42)38-17-5-2-6-18-38)61-57(60-55)47-23-13-21-45-43-19-7-9-24-48(43)58(53(45)47)49-25-10-12-28-52(49)62-51-27-11-8-20-44(51)46-22-14-26-50(58)54(46)62/h1-36,55H,(H,59,60,61). The zero-order valence-electron chi connectivity index (χ0n) is 33.7. The molecule has 10 aromatic rings. The summed E-state index contributed by atoms with van der Waals surface area (Å²) in [5.41, 5.74) is 18.4. The Hall–Kier alpha value is -8.08. The molecule has 0 amide bonds. The van der Waals surface area contributed by atoms with Crippen LogP contribution in [0.3, 0.4) is 0 Å². The number of rotatable bonds is 5. The lowest BCUT2D eigenvalue weighted by molar-refractivity contribution is 0.738. The van der Waals surface area contributed by atoms with Crippen LogP contribution in [-0.2, 0) is 5.41 Å². The molecule has 1 aliphatic carbocycles. The minimum Gasteiger partial charge on any atom is -0.324 e. The molecule has 0 fully saturated rings. The average molecular weight is 791 g/mol. The lowest BCUT2D eigenvalue weighted by atomic mass is 9.64. The molecular formula is C58H38N4. The van der Waals surface area contributed by atoms with Crippen LogP contribution in [0.4, 0.5) is 0 Å². The zero-order valence-corrected chi connectivity index (χ0v) is 33.7. The largest absolute Gasteiger partial charge is 0.324 e. The fraction of sp³-hybridized carbons (Fsp3) is 0.0345. The van der Waals surface area contributed by atoms with Gasteiger partial charge in [-0.25, -0.2) is 9.98 Å². The Kier molecular flexibility index (Phi) is 7.55. The summed E-state index contributed by atoms with van der Waals surface area (Å²) in [5, 5.41) is 6.36. The van der Waals surface area contributed by atoms with E-state index in [0.717, 1.165) is 39.5 Å². The Morgan fingerprint density at radius 2 is 0.919 bits per heavy atom. The first-order valence-corrected chi connectivity index (χ1v) is 21.4. The average Bonchev–Trinajstić information content (AvgIpc) is 3.85. The normalized spacial score (nSPS) is 16.9. The highest BCUT2D eigenvalue weighted by Gasteiger charge is 2.52. The maximum atomic E-state index is 5.58. The van der Waals surface area contributed by atoms with Crippen molar-refractivity contribution in [2.24, 2.45) is 9.98 Å². The number of aromatic nitrogens is 1. The molecular weight excluding hydrogens is 753 g/mol. The van der Waals surface area contributed by atoms with Gasteiger partial charge in [-0.2, -0.15) is 0 Å². The summed E-state index contributed by atoms with van der Waals surface area (Å²) < 4.78 is 2.50. The summed E-state index contributed by atoms with van der Waals surface area (Å²) >= 11 is 0. The van der Waals surface area contributed by atoms with Crippen LogP contribution in [0.15, 0.2) is 228 Å². The first kappa shape index (κ1) is 34.8. The van der Waals surface area contributed by atoms with Gasteiger partial charge in [-0.15, -0.1) is 0 Å². The van der Waals surface area contributed by atoms with Gasteiger partial charge in [0.25, 0.3) is 0 Å². The molecule has 2 unspecified atom stereocenters. The molecule has 4 heteroatoms. The van der Waals surface area contributed by atoms with Gasteiger partial charge >= 0.3 is 0 Å². The van der Waals surface area contributed by atoms with Crippen molar-refractivity contribution in [2.45, 2.75) is 11.6 Å². The second-order valence-corrected chi connectivity index (χ2v) is 16.5. The molecule has 3 heterocycles. The van der Waals surface area contributed by atoms with Crippen molar-refractivity contribution in [2.75, 3.05) is 0 Å². The highest BCUT2D eigenvalue weighted by Crippen LogP contribution is 2.61. The van der Waals surface area contributed by atoms with E-state index >= 15 is 0 Å². The van der Waals surface area contributed by atoms with Crippen molar-refractivity contribution in [1.29, 1.82) is 0 Å². The molecule has 1 N–H and O–H groups in total. The number of amidine groups is 2. The van der Waals surface area contributed by atoms with Gasteiger partial charge in [0.15, 0.2) is 6.17 Å². The lowest BCUT2D eigenvalue weighted by Gasteiger charge is -2.40. The first-order valence-electron chi connectivity index (χ1n) is 21.4. The fourth-order valence-electron chi connectivity index (χ4n) is 10.6. The predicted molar refractivity (Wildman–Crippen MR) is 254 cm³/mol. The smallest absolute Gasteiger partial charge is 0.169 e. The molecule has 0 bridgehead atoms. The van der Waals surface area contributed by atoms with Gasteiger partial charge in [0.05, 0.1) is 22.1 Å². The zero-order chi connectivity index (χ0) is 40.8. The van der Waals surface area contributed by atoms with Crippen LogP contribution in [0.5, 0.6) is 0 Å². The second-order valence-electron chi connectivity index (χ2n) is 16.5. The van der Waals surface area contributed by atoms with Crippen molar-refractivity contribution in [1.82, 2.24) is 9.88 Å². The molecule has 0 saturated heterocycles. The molecule has 0 saturated carbocycles. The molecule has 4 nitrogen and oxygen atoms in total. The van der Waals surface area contributed by atoms with Gasteiger partial charge in [0, 0.05) is 21.9 Å². The van der Waals surface area contributed by atoms with Crippen LogP contribution in [0.25, 0.3) is 60.9 Å². The molecule has 2 atom stereocenters. The first-order chi connectivity index (χ1) is 30.8. The van der Waals surface area contributed by atoms with Crippen LogP contribution in [0.1, 0.15) is 45.1 Å². The Balaban J connectivity index is 1.05.